The normalized spacial score (nSPS) is 29.5. The molecule has 0 heterocycles. The highest BCUT2D eigenvalue weighted by molar-refractivity contribution is 5.95. The largest absolute Gasteiger partial charge is 0.455 e. The lowest BCUT2D eigenvalue weighted by molar-refractivity contribution is -0.164. The molecule has 4 saturated carbocycles. The third-order valence-corrected chi connectivity index (χ3v) is 6.86. The quantitative estimate of drug-likeness (QED) is 0.710. The summed E-state index contributed by atoms with van der Waals surface area (Å²) in [5.74, 6) is 0.488. The van der Waals surface area contributed by atoms with Gasteiger partial charge in [0.1, 0.15) is 5.82 Å². The Morgan fingerprint density at radius 1 is 1.00 bits per heavy atom. The second-order valence-corrected chi connectivity index (χ2v) is 8.80. The van der Waals surface area contributed by atoms with Crippen molar-refractivity contribution in [2.75, 3.05) is 18.1 Å². The lowest BCUT2D eigenvalue weighted by Gasteiger charge is -2.53. The zero-order valence-corrected chi connectivity index (χ0v) is 16.4. The first-order chi connectivity index (χ1) is 13.9. The summed E-state index contributed by atoms with van der Waals surface area (Å²) in [7, 11) is 0. The van der Waals surface area contributed by atoms with E-state index in [1.54, 1.807) is 0 Å². The van der Waals surface area contributed by atoms with Gasteiger partial charge in [0.05, 0.1) is 5.92 Å². The van der Waals surface area contributed by atoms with E-state index in [2.05, 4.69) is 0 Å². The molecule has 4 fully saturated rings. The molecular weight excluding hydrogens is 375 g/mol. The third kappa shape index (κ3) is 4.28. The summed E-state index contributed by atoms with van der Waals surface area (Å²) in [5.41, 5.74) is 5.64. The van der Waals surface area contributed by atoms with Gasteiger partial charge in [0.25, 0.3) is 5.91 Å². The zero-order valence-electron chi connectivity index (χ0n) is 16.4. The van der Waals surface area contributed by atoms with Crippen molar-refractivity contribution >= 4 is 23.5 Å². The molecule has 156 valence electrons. The number of nitrogens with two attached hydrogens (primary N) is 1. The lowest BCUT2D eigenvalue weighted by atomic mass is 9.52. The summed E-state index contributed by atoms with van der Waals surface area (Å²) >= 11 is 0. The van der Waals surface area contributed by atoms with Crippen LogP contribution in [0.2, 0.25) is 0 Å². The van der Waals surface area contributed by atoms with Crippen molar-refractivity contribution in [1.29, 1.82) is 0 Å². The van der Waals surface area contributed by atoms with Gasteiger partial charge in [-0.25, -0.2) is 4.39 Å². The molecule has 29 heavy (non-hydrogen) atoms. The molecule has 4 aliphatic carbocycles. The average molecular weight is 402 g/mol. The van der Waals surface area contributed by atoms with Crippen molar-refractivity contribution in [2.45, 2.75) is 38.5 Å². The van der Waals surface area contributed by atoms with Gasteiger partial charge in [-0.15, -0.1) is 0 Å². The van der Waals surface area contributed by atoms with Gasteiger partial charge >= 0.3 is 5.97 Å². The number of rotatable bonds is 7. The van der Waals surface area contributed by atoms with E-state index in [0.717, 1.165) is 37.5 Å². The van der Waals surface area contributed by atoms with Crippen LogP contribution in [0.4, 0.5) is 10.1 Å². The molecule has 1 aromatic rings. The maximum absolute atomic E-state index is 13.2. The Morgan fingerprint density at radius 2 is 1.59 bits per heavy atom. The number of primary amides is 1. The van der Waals surface area contributed by atoms with E-state index in [9.17, 15) is 18.8 Å². The number of ether oxygens (including phenoxy) is 1. The molecule has 0 atom stereocenters. The monoisotopic (exact) mass is 402 g/mol. The van der Waals surface area contributed by atoms with Gasteiger partial charge in [0, 0.05) is 18.7 Å². The first-order valence-electron chi connectivity index (χ1n) is 10.4. The maximum Gasteiger partial charge on any atom is 0.310 e. The van der Waals surface area contributed by atoms with E-state index < -0.39 is 24.2 Å². The second kappa shape index (κ2) is 8.13. The second-order valence-electron chi connectivity index (χ2n) is 8.80. The molecule has 2 amide bonds. The van der Waals surface area contributed by atoms with E-state index in [4.69, 9.17) is 10.5 Å². The van der Waals surface area contributed by atoms with Crippen LogP contribution in [0.15, 0.2) is 24.3 Å². The number of benzene rings is 1. The zero-order chi connectivity index (χ0) is 20.5. The Bertz CT molecular complexity index is 767. The summed E-state index contributed by atoms with van der Waals surface area (Å²) in [5, 5.41) is 0. The van der Waals surface area contributed by atoms with E-state index in [0.29, 0.717) is 17.5 Å². The molecule has 0 aromatic heterocycles. The molecule has 2 N–H and O–H groups in total. The highest BCUT2D eigenvalue weighted by Crippen LogP contribution is 2.56. The number of nitrogens with zero attached hydrogens (tertiary/aromatic N) is 1. The van der Waals surface area contributed by atoms with E-state index in [1.807, 2.05) is 0 Å². The minimum Gasteiger partial charge on any atom is -0.455 e. The van der Waals surface area contributed by atoms with Crippen molar-refractivity contribution in [2.24, 2.45) is 35.3 Å². The van der Waals surface area contributed by atoms with Gasteiger partial charge < -0.3 is 15.4 Å². The fourth-order valence-electron chi connectivity index (χ4n) is 5.86. The predicted molar refractivity (Wildman–Crippen MR) is 104 cm³/mol. The van der Waals surface area contributed by atoms with E-state index in [-0.39, 0.29) is 24.9 Å². The Hall–Kier alpha value is -2.44. The van der Waals surface area contributed by atoms with Gasteiger partial charge in [-0.1, -0.05) is 0 Å². The maximum atomic E-state index is 13.2. The van der Waals surface area contributed by atoms with Crippen LogP contribution in [0.3, 0.4) is 0 Å². The first-order valence-corrected chi connectivity index (χ1v) is 10.4. The van der Waals surface area contributed by atoms with Crippen LogP contribution in [0.5, 0.6) is 0 Å². The van der Waals surface area contributed by atoms with Gasteiger partial charge in [0.15, 0.2) is 6.61 Å². The Labute approximate surface area is 169 Å². The molecule has 0 unspecified atom stereocenters. The molecule has 4 bridgehead atoms. The number of esters is 1. The molecule has 6 nitrogen and oxygen atoms in total. The Balaban J connectivity index is 1.39. The number of hydrogen-bond donors (Lipinski definition) is 1. The van der Waals surface area contributed by atoms with E-state index in [1.165, 1.54) is 35.6 Å². The number of carbonyl (C=O) groups is 3. The topological polar surface area (TPSA) is 89.7 Å². The van der Waals surface area contributed by atoms with Gasteiger partial charge in [-0.2, -0.15) is 0 Å². The minimum atomic E-state index is -0.546. The van der Waals surface area contributed by atoms with Crippen molar-refractivity contribution in [3.05, 3.63) is 30.1 Å². The summed E-state index contributed by atoms with van der Waals surface area (Å²) in [6, 6.07) is 5.38. The fraction of sp³-hybridized carbons (Fsp3) is 0.591. The van der Waals surface area contributed by atoms with E-state index >= 15 is 0 Å². The van der Waals surface area contributed by atoms with Crippen LogP contribution < -0.4 is 10.6 Å². The summed E-state index contributed by atoms with van der Waals surface area (Å²) in [4.78, 5) is 38.0. The Kier molecular flexibility index (Phi) is 5.56. The van der Waals surface area contributed by atoms with Crippen LogP contribution >= 0.6 is 0 Å². The van der Waals surface area contributed by atoms with Crippen LogP contribution in [-0.4, -0.2) is 30.9 Å². The molecule has 0 saturated heterocycles. The van der Waals surface area contributed by atoms with Gasteiger partial charge in [-0.05, 0) is 80.0 Å². The molecule has 1 aromatic carbocycles. The molecule has 0 radical (unpaired) electrons. The first kappa shape index (κ1) is 19.9. The smallest absolute Gasteiger partial charge is 0.310 e. The third-order valence-electron chi connectivity index (χ3n) is 6.86. The lowest BCUT2D eigenvalue weighted by Crippen LogP contribution is -2.49. The number of hydrogen-bond acceptors (Lipinski definition) is 4. The van der Waals surface area contributed by atoms with Crippen LogP contribution in [0, 0.1) is 35.4 Å². The van der Waals surface area contributed by atoms with Crippen LogP contribution in [0.1, 0.15) is 38.5 Å². The number of carbonyl (C=O) groups excluding carboxylic acids is 3. The minimum absolute atomic E-state index is 0.0351. The van der Waals surface area contributed by atoms with Crippen LogP contribution in [0.25, 0.3) is 0 Å². The van der Waals surface area contributed by atoms with Crippen molar-refractivity contribution in [3.8, 4) is 0 Å². The molecule has 0 spiro atoms. The fourth-order valence-corrected chi connectivity index (χ4v) is 5.86. The number of anilines is 1. The molecule has 4 aliphatic rings. The molecule has 0 aliphatic heterocycles. The van der Waals surface area contributed by atoms with Crippen molar-refractivity contribution in [1.82, 2.24) is 0 Å². The molecule has 7 heteroatoms. The summed E-state index contributed by atoms with van der Waals surface area (Å²) in [6.45, 7) is -0.340. The molecule has 5 rings (SSSR count). The average Bonchev–Trinajstić information content (AvgIpc) is 2.66. The number of amides is 2. The van der Waals surface area contributed by atoms with Gasteiger partial charge in [0.2, 0.25) is 5.91 Å². The molecular formula is C22H27FN2O4. The highest BCUT2D eigenvalue weighted by Gasteiger charge is 2.51. The summed E-state index contributed by atoms with van der Waals surface area (Å²) < 4.78 is 18.7. The summed E-state index contributed by atoms with van der Waals surface area (Å²) in [6.07, 6.45) is 5.66. The standard InChI is InChI=1S/C22H27FN2O4/c23-17-1-3-18(4-2-17)25(6-5-19(24)26)20(27)12-29-22(28)21-15-8-13-7-14(10-15)11-16(21)9-13/h1-4,13-16,21H,5-12H2,(H2,24,26). The predicted octanol–water partition coefficient (Wildman–Crippen LogP) is 2.65. The van der Waals surface area contributed by atoms with Crippen LogP contribution in [-0.2, 0) is 19.1 Å². The SMILES string of the molecule is NC(=O)CCN(C(=O)COC(=O)C1C2CC3CC(C2)CC1C3)c1ccc(F)cc1. The van der Waals surface area contributed by atoms with Crippen molar-refractivity contribution in [3.63, 3.8) is 0 Å². The number of halogens is 1. The Morgan fingerprint density at radius 3 is 2.14 bits per heavy atom. The van der Waals surface area contributed by atoms with Crippen molar-refractivity contribution < 1.29 is 23.5 Å². The van der Waals surface area contributed by atoms with Gasteiger partial charge in [-0.3, -0.25) is 14.4 Å². The highest BCUT2D eigenvalue weighted by atomic mass is 19.1.